The van der Waals surface area contributed by atoms with Gasteiger partial charge in [0.25, 0.3) is 0 Å². The highest BCUT2D eigenvalue weighted by Gasteiger charge is 1.95. The van der Waals surface area contributed by atoms with E-state index < -0.39 is 0 Å². The molecule has 0 unspecified atom stereocenters. The molecule has 0 radical (unpaired) electrons. The van der Waals surface area contributed by atoms with Gasteiger partial charge in [0.15, 0.2) is 0 Å². The minimum absolute atomic E-state index is 0.0154. The van der Waals surface area contributed by atoms with E-state index in [1.54, 1.807) is 12.3 Å². The Bertz CT molecular complexity index is 671. The summed E-state index contributed by atoms with van der Waals surface area (Å²) in [6.07, 6.45) is 6.49. The van der Waals surface area contributed by atoms with Gasteiger partial charge < -0.3 is 10.3 Å². The van der Waals surface area contributed by atoms with Crippen LogP contribution in [0.2, 0.25) is 0 Å². The maximum absolute atomic E-state index is 11.2. The summed E-state index contributed by atoms with van der Waals surface area (Å²) in [6, 6.07) is 7.53. The number of benzene rings is 1. The minimum Gasteiger partial charge on any atom is -0.356 e. The first-order valence-electron chi connectivity index (χ1n) is 6.18. The standard InChI is InChI=1S/C15H16N2O2/c1-11(18)16-7-3-2-4-12-5-6-13-10-17-15(19)9-14(13)8-12/h2,4-6,8-10H,3,7H2,1H3,(H,16,18)(H,17,19). The monoisotopic (exact) mass is 256 g/mol. The molecule has 0 saturated carbocycles. The largest absolute Gasteiger partial charge is 0.356 e. The number of aromatic amines is 1. The molecule has 0 saturated heterocycles. The van der Waals surface area contributed by atoms with Gasteiger partial charge in [0, 0.05) is 25.7 Å². The fraction of sp³-hybridized carbons (Fsp3) is 0.200. The predicted octanol–water partition coefficient (Wildman–Crippen LogP) is 2.07. The molecule has 0 aliphatic heterocycles. The van der Waals surface area contributed by atoms with Gasteiger partial charge in [0.05, 0.1) is 0 Å². The van der Waals surface area contributed by atoms with E-state index in [2.05, 4.69) is 10.3 Å². The molecule has 4 nitrogen and oxygen atoms in total. The van der Waals surface area contributed by atoms with Crippen molar-refractivity contribution in [3.05, 3.63) is 52.5 Å². The first-order chi connectivity index (χ1) is 9.15. The maximum Gasteiger partial charge on any atom is 0.248 e. The van der Waals surface area contributed by atoms with Crippen LogP contribution in [0.4, 0.5) is 0 Å². The van der Waals surface area contributed by atoms with Crippen molar-refractivity contribution in [3.63, 3.8) is 0 Å². The zero-order valence-electron chi connectivity index (χ0n) is 10.8. The van der Waals surface area contributed by atoms with E-state index in [0.717, 1.165) is 22.8 Å². The lowest BCUT2D eigenvalue weighted by Crippen LogP contribution is -2.20. The van der Waals surface area contributed by atoms with Crippen LogP contribution in [-0.2, 0) is 4.79 Å². The molecule has 1 amide bonds. The number of pyridine rings is 1. The number of H-pyrrole nitrogens is 1. The summed E-state index contributed by atoms with van der Waals surface area (Å²) in [7, 11) is 0. The van der Waals surface area contributed by atoms with Gasteiger partial charge in [-0.2, -0.15) is 0 Å². The number of carbonyl (C=O) groups excluding carboxylic acids is 1. The zero-order valence-corrected chi connectivity index (χ0v) is 10.8. The Morgan fingerprint density at radius 2 is 2.16 bits per heavy atom. The summed E-state index contributed by atoms with van der Waals surface area (Å²) in [6.45, 7) is 2.14. The van der Waals surface area contributed by atoms with Crippen LogP contribution in [-0.4, -0.2) is 17.4 Å². The van der Waals surface area contributed by atoms with Gasteiger partial charge in [-0.05, 0) is 28.8 Å². The molecule has 1 aromatic heterocycles. The SMILES string of the molecule is CC(=O)NCCC=Cc1ccc2c[nH]c(=O)cc2c1. The summed E-state index contributed by atoms with van der Waals surface area (Å²) >= 11 is 0. The van der Waals surface area contributed by atoms with Crippen LogP contribution in [0.5, 0.6) is 0 Å². The highest BCUT2D eigenvalue weighted by atomic mass is 16.1. The number of amides is 1. The number of carbonyl (C=O) groups is 1. The van der Waals surface area contributed by atoms with Crippen molar-refractivity contribution >= 4 is 22.8 Å². The summed E-state index contributed by atoms with van der Waals surface area (Å²) in [5.41, 5.74) is 0.945. The van der Waals surface area contributed by atoms with Crippen molar-refractivity contribution < 1.29 is 4.79 Å². The Hall–Kier alpha value is -2.36. The quantitative estimate of drug-likeness (QED) is 0.823. The smallest absolute Gasteiger partial charge is 0.248 e. The average Bonchev–Trinajstić information content (AvgIpc) is 2.37. The number of rotatable bonds is 4. The van der Waals surface area contributed by atoms with Crippen LogP contribution in [0.15, 0.2) is 41.3 Å². The summed E-state index contributed by atoms with van der Waals surface area (Å²) < 4.78 is 0. The molecular weight excluding hydrogens is 240 g/mol. The van der Waals surface area contributed by atoms with E-state index in [1.807, 2.05) is 30.4 Å². The van der Waals surface area contributed by atoms with Crippen molar-refractivity contribution in [3.8, 4) is 0 Å². The van der Waals surface area contributed by atoms with Crippen molar-refractivity contribution in [2.75, 3.05) is 6.54 Å². The Morgan fingerprint density at radius 3 is 2.95 bits per heavy atom. The van der Waals surface area contributed by atoms with Gasteiger partial charge in [-0.1, -0.05) is 24.3 Å². The first kappa shape index (κ1) is 13.1. The Labute approximate surface area is 111 Å². The normalized spacial score (nSPS) is 11.0. The van der Waals surface area contributed by atoms with Crippen LogP contribution in [0.1, 0.15) is 18.9 Å². The van der Waals surface area contributed by atoms with Crippen molar-refractivity contribution in [2.45, 2.75) is 13.3 Å². The van der Waals surface area contributed by atoms with Crippen LogP contribution in [0.3, 0.4) is 0 Å². The van der Waals surface area contributed by atoms with Gasteiger partial charge in [-0.25, -0.2) is 0 Å². The molecule has 2 N–H and O–H groups in total. The minimum atomic E-state index is -0.0979. The zero-order chi connectivity index (χ0) is 13.7. The van der Waals surface area contributed by atoms with E-state index in [0.29, 0.717) is 6.54 Å². The van der Waals surface area contributed by atoms with Crippen molar-refractivity contribution in [1.82, 2.24) is 10.3 Å². The highest BCUT2D eigenvalue weighted by molar-refractivity contribution is 5.83. The molecule has 19 heavy (non-hydrogen) atoms. The third kappa shape index (κ3) is 3.81. The number of nitrogens with one attached hydrogen (secondary N) is 2. The molecule has 0 atom stereocenters. The van der Waals surface area contributed by atoms with E-state index in [4.69, 9.17) is 0 Å². The van der Waals surface area contributed by atoms with Gasteiger partial charge in [0.2, 0.25) is 11.5 Å². The number of fused-ring (bicyclic) bond motifs is 1. The van der Waals surface area contributed by atoms with E-state index in [1.165, 1.54) is 6.92 Å². The fourth-order valence-corrected chi connectivity index (χ4v) is 1.84. The molecule has 4 heteroatoms. The number of hydrogen-bond donors (Lipinski definition) is 2. The molecular formula is C15H16N2O2. The molecule has 1 heterocycles. The van der Waals surface area contributed by atoms with E-state index in [9.17, 15) is 9.59 Å². The highest BCUT2D eigenvalue weighted by Crippen LogP contribution is 2.14. The number of aromatic nitrogens is 1. The van der Waals surface area contributed by atoms with Gasteiger partial charge in [-0.3, -0.25) is 9.59 Å². The van der Waals surface area contributed by atoms with Gasteiger partial charge in [-0.15, -0.1) is 0 Å². The molecule has 0 aliphatic carbocycles. The second-order valence-electron chi connectivity index (χ2n) is 4.36. The van der Waals surface area contributed by atoms with Gasteiger partial charge >= 0.3 is 0 Å². The average molecular weight is 256 g/mol. The molecule has 0 aliphatic rings. The Morgan fingerprint density at radius 1 is 1.32 bits per heavy atom. The summed E-state index contributed by atoms with van der Waals surface area (Å²) in [5.74, 6) is -0.0154. The topological polar surface area (TPSA) is 62.0 Å². The predicted molar refractivity (Wildman–Crippen MR) is 76.9 cm³/mol. The molecule has 1 aromatic carbocycles. The van der Waals surface area contributed by atoms with Crippen LogP contribution < -0.4 is 10.9 Å². The third-order valence-electron chi connectivity index (χ3n) is 2.76. The van der Waals surface area contributed by atoms with Crippen molar-refractivity contribution in [2.24, 2.45) is 0 Å². The number of hydrogen-bond acceptors (Lipinski definition) is 2. The second kappa shape index (κ2) is 6.00. The molecule has 98 valence electrons. The molecule has 0 bridgehead atoms. The van der Waals surface area contributed by atoms with Crippen LogP contribution in [0.25, 0.3) is 16.8 Å². The van der Waals surface area contributed by atoms with E-state index in [-0.39, 0.29) is 11.5 Å². The van der Waals surface area contributed by atoms with Gasteiger partial charge in [0.1, 0.15) is 0 Å². The molecule has 2 aromatic rings. The van der Waals surface area contributed by atoms with Crippen LogP contribution in [0, 0.1) is 0 Å². The van der Waals surface area contributed by atoms with E-state index >= 15 is 0 Å². The summed E-state index contributed by atoms with van der Waals surface area (Å²) in [4.78, 5) is 24.6. The molecule has 0 spiro atoms. The Balaban J connectivity index is 2.06. The second-order valence-corrected chi connectivity index (χ2v) is 4.36. The lowest BCUT2D eigenvalue weighted by Gasteiger charge is -1.99. The molecule has 0 fully saturated rings. The maximum atomic E-state index is 11.2. The lowest BCUT2D eigenvalue weighted by atomic mass is 10.1. The fourth-order valence-electron chi connectivity index (χ4n) is 1.84. The molecule has 2 rings (SSSR count). The Kier molecular flexibility index (Phi) is 4.13. The van der Waals surface area contributed by atoms with Crippen molar-refractivity contribution in [1.29, 1.82) is 0 Å². The van der Waals surface area contributed by atoms with Crippen LogP contribution >= 0.6 is 0 Å². The lowest BCUT2D eigenvalue weighted by molar-refractivity contribution is -0.118. The first-order valence-corrected chi connectivity index (χ1v) is 6.18. The third-order valence-corrected chi connectivity index (χ3v) is 2.76. The summed E-state index contributed by atoms with van der Waals surface area (Å²) in [5, 5.41) is 4.67.